The number of nitrogens with one attached hydrogen (secondary N) is 2. The smallest absolute Gasteiger partial charge is 0.234 e. The van der Waals surface area contributed by atoms with E-state index in [2.05, 4.69) is 43.5 Å². The van der Waals surface area contributed by atoms with Crippen molar-refractivity contribution in [2.45, 2.75) is 26.8 Å². The van der Waals surface area contributed by atoms with Gasteiger partial charge in [-0.3, -0.25) is 4.79 Å². The monoisotopic (exact) mass is 270 g/mol. The second-order valence-corrected chi connectivity index (χ2v) is 4.68. The molecule has 1 aromatic carbocycles. The van der Waals surface area contributed by atoms with E-state index in [4.69, 9.17) is 0 Å². The molecule has 102 valence electrons. The molecule has 1 unspecified atom stereocenters. The van der Waals surface area contributed by atoms with E-state index in [1.807, 2.05) is 12.1 Å². The second kappa shape index (κ2) is 8.11. The molecule has 0 aromatic heterocycles. The molecule has 1 rings (SSSR count). The number of likely N-dealkylation sites (N-methyl/N-ethyl adjacent to an activating group) is 1. The van der Waals surface area contributed by atoms with Crippen molar-refractivity contribution in [3.05, 3.63) is 35.4 Å². The summed E-state index contributed by atoms with van der Waals surface area (Å²) in [7, 11) is 1.78. The maximum Gasteiger partial charge on any atom is 0.234 e. The first kappa shape index (κ1) is 16.9. The fourth-order valence-electron chi connectivity index (χ4n) is 1.92. The normalized spacial score (nSPS) is 11.8. The van der Waals surface area contributed by atoms with Gasteiger partial charge in [0, 0.05) is 0 Å². The molecule has 0 spiro atoms. The van der Waals surface area contributed by atoms with Crippen LogP contribution in [0.3, 0.4) is 0 Å². The van der Waals surface area contributed by atoms with Crippen molar-refractivity contribution in [2.24, 2.45) is 5.92 Å². The third-order valence-corrected chi connectivity index (χ3v) is 2.84. The van der Waals surface area contributed by atoms with E-state index < -0.39 is 0 Å². The van der Waals surface area contributed by atoms with Gasteiger partial charge in [0.05, 0.1) is 12.6 Å². The van der Waals surface area contributed by atoms with Gasteiger partial charge in [0.1, 0.15) is 0 Å². The van der Waals surface area contributed by atoms with Crippen molar-refractivity contribution >= 4 is 18.3 Å². The van der Waals surface area contributed by atoms with Crippen LogP contribution in [0, 0.1) is 12.8 Å². The molecule has 18 heavy (non-hydrogen) atoms. The number of amides is 1. The third kappa shape index (κ3) is 4.67. The van der Waals surface area contributed by atoms with E-state index >= 15 is 0 Å². The molecule has 0 aliphatic carbocycles. The molecule has 3 nitrogen and oxygen atoms in total. The highest BCUT2D eigenvalue weighted by atomic mass is 35.5. The van der Waals surface area contributed by atoms with Crippen LogP contribution in [-0.2, 0) is 4.79 Å². The summed E-state index contributed by atoms with van der Waals surface area (Å²) in [6.07, 6.45) is 0. The number of carbonyl (C=O) groups excluding carboxylic acids is 1. The van der Waals surface area contributed by atoms with E-state index in [1.54, 1.807) is 7.05 Å². The number of carbonyl (C=O) groups is 1. The zero-order chi connectivity index (χ0) is 12.8. The van der Waals surface area contributed by atoms with Crippen molar-refractivity contribution in [2.75, 3.05) is 13.6 Å². The minimum absolute atomic E-state index is 0. The molecule has 1 atom stereocenters. The van der Waals surface area contributed by atoms with Gasteiger partial charge in [-0.05, 0) is 31.0 Å². The quantitative estimate of drug-likeness (QED) is 0.863. The first-order valence-electron chi connectivity index (χ1n) is 6.05. The minimum atomic E-state index is 0. The Morgan fingerprint density at radius 2 is 1.89 bits per heavy atom. The number of hydrogen-bond donors (Lipinski definition) is 2. The SMILES string of the molecule is CNCC(=O)NC(c1ccccc1C)C(C)C.Cl. The highest BCUT2D eigenvalue weighted by Crippen LogP contribution is 2.24. The summed E-state index contributed by atoms with van der Waals surface area (Å²) in [6, 6.07) is 8.28. The molecule has 0 saturated carbocycles. The molecular weight excluding hydrogens is 248 g/mol. The maximum atomic E-state index is 11.7. The van der Waals surface area contributed by atoms with Crippen LogP contribution in [0.1, 0.15) is 31.0 Å². The van der Waals surface area contributed by atoms with Gasteiger partial charge in [-0.2, -0.15) is 0 Å². The maximum absolute atomic E-state index is 11.7. The Labute approximate surface area is 116 Å². The molecule has 0 fully saturated rings. The van der Waals surface area contributed by atoms with Gasteiger partial charge in [0.15, 0.2) is 0 Å². The molecule has 1 aromatic rings. The van der Waals surface area contributed by atoms with Crippen LogP contribution >= 0.6 is 12.4 Å². The molecule has 0 bridgehead atoms. The Bertz CT molecular complexity index is 380. The van der Waals surface area contributed by atoms with Gasteiger partial charge < -0.3 is 10.6 Å². The first-order valence-corrected chi connectivity index (χ1v) is 6.05. The molecular formula is C14H23ClN2O. The predicted molar refractivity (Wildman–Crippen MR) is 78.1 cm³/mol. The Kier molecular flexibility index (Phi) is 7.64. The largest absolute Gasteiger partial charge is 0.348 e. The van der Waals surface area contributed by atoms with Crippen molar-refractivity contribution in [3.63, 3.8) is 0 Å². The summed E-state index contributed by atoms with van der Waals surface area (Å²) in [5.74, 6) is 0.409. The van der Waals surface area contributed by atoms with Crippen molar-refractivity contribution < 1.29 is 4.79 Å². The van der Waals surface area contributed by atoms with Crippen molar-refractivity contribution in [3.8, 4) is 0 Å². The zero-order valence-corrected chi connectivity index (χ0v) is 12.3. The van der Waals surface area contributed by atoms with Gasteiger partial charge in [-0.25, -0.2) is 0 Å². The summed E-state index contributed by atoms with van der Waals surface area (Å²) < 4.78 is 0. The van der Waals surface area contributed by atoms with Crippen LogP contribution in [0.4, 0.5) is 0 Å². The molecule has 1 amide bonds. The van der Waals surface area contributed by atoms with E-state index in [0.29, 0.717) is 12.5 Å². The standard InChI is InChI=1S/C14H22N2O.ClH/c1-10(2)14(16-13(17)9-15-4)12-8-6-5-7-11(12)3;/h5-8,10,14-15H,9H2,1-4H3,(H,16,17);1H. The van der Waals surface area contributed by atoms with Crippen molar-refractivity contribution in [1.82, 2.24) is 10.6 Å². The van der Waals surface area contributed by atoms with Crippen LogP contribution in [0.25, 0.3) is 0 Å². The lowest BCUT2D eigenvalue weighted by Crippen LogP contribution is -2.37. The number of rotatable bonds is 5. The zero-order valence-electron chi connectivity index (χ0n) is 11.5. The van der Waals surface area contributed by atoms with Crippen LogP contribution in [0.5, 0.6) is 0 Å². The van der Waals surface area contributed by atoms with E-state index in [9.17, 15) is 4.79 Å². The fraction of sp³-hybridized carbons (Fsp3) is 0.500. The van der Waals surface area contributed by atoms with Gasteiger partial charge in [-0.1, -0.05) is 38.1 Å². The van der Waals surface area contributed by atoms with Crippen LogP contribution < -0.4 is 10.6 Å². The Morgan fingerprint density at radius 3 is 2.39 bits per heavy atom. The van der Waals surface area contributed by atoms with Crippen LogP contribution in [0.2, 0.25) is 0 Å². The van der Waals surface area contributed by atoms with Gasteiger partial charge >= 0.3 is 0 Å². The highest BCUT2D eigenvalue weighted by molar-refractivity contribution is 5.85. The number of aryl methyl sites for hydroxylation is 1. The van der Waals surface area contributed by atoms with E-state index in [1.165, 1.54) is 11.1 Å². The Hall–Kier alpha value is -1.06. The second-order valence-electron chi connectivity index (χ2n) is 4.68. The first-order chi connectivity index (χ1) is 8.06. The Balaban J connectivity index is 0.00000289. The average Bonchev–Trinajstić information content (AvgIpc) is 2.27. The van der Waals surface area contributed by atoms with Crippen molar-refractivity contribution in [1.29, 1.82) is 0 Å². The topological polar surface area (TPSA) is 41.1 Å². The molecule has 0 radical (unpaired) electrons. The summed E-state index contributed by atoms with van der Waals surface area (Å²) >= 11 is 0. The van der Waals surface area contributed by atoms with Crippen LogP contribution in [0.15, 0.2) is 24.3 Å². The summed E-state index contributed by atoms with van der Waals surface area (Å²) in [5, 5.41) is 5.94. The lowest BCUT2D eigenvalue weighted by Gasteiger charge is -2.24. The molecule has 0 saturated heterocycles. The number of hydrogen-bond acceptors (Lipinski definition) is 2. The van der Waals surface area contributed by atoms with Crippen LogP contribution in [-0.4, -0.2) is 19.5 Å². The van der Waals surface area contributed by atoms with E-state index in [0.717, 1.165) is 0 Å². The minimum Gasteiger partial charge on any atom is -0.348 e. The molecule has 0 aliphatic heterocycles. The highest BCUT2D eigenvalue weighted by Gasteiger charge is 2.19. The van der Waals surface area contributed by atoms with Gasteiger partial charge in [0.2, 0.25) is 5.91 Å². The summed E-state index contributed by atoms with van der Waals surface area (Å²) in [6.45, 7) is 6.68. The lowest BCUT2D eigenvalue weighted by molar-refractivity contribution is -0.121. The average molecular weight is 271 g/mol. The predicted octanol–water partition coefficient (Wildman–Crippen LogP) is 2.45. The lowest BCUT2D eigenvalue weighted by atomic mass is 9.92. The summed E-state index contributed by atoms with van der Waals surface area (Å²) in [4.78, 5) is 11.7. The fourth-order valence-corrected chi connectivity index (χ4v) is 1.92. The number of halogens is 1. The van der Waals surface area contributed by atoms with E-state index in [-0.39, 0.29) is 24.4 Å². The molecule has 0 aliphatic rings. The van der Waals surface area contributed by atoms with Gasteiger partial charge in [0.25, 0.3) is 0 Å². The van der Waals surface area contributed by atoms with Gasteiger partial charge in [-0.15, -0.1) is 12.4 Å². The number of benzene rings is 1. The third-order valence-electron chi connectivity index (χ3n) is 2.84. The molecule has 2 N–H and O–H groups in total. The molecule has 4 heteroatoms. The Morgan fingerprint density at radius 1 is 1.28 bits per heavy atom. The molecule has 0 heterocycles. The summed E-state index contributed by atoms with van der Waals surface area (Å²) in [5.41, 5.74) is 2.42.